The largest absolute Gasteiger partial charge is 0.573 e. The van der Waals surface area contributed by atoms with E-state index in [4.69, 9.17) is 0 Å². The second-order valence-corrected chi connectivity index (χ2v) is 5.67. The van der Waals surface area contributed by atoms with Crippen LogP contribution in [0.3, 0.4) is 0 Å². The minimum absolute atomic E-state index is 0.297. The fraction of sp³-hybridized carbons (Fsp3) is 0.222. The number of halogens is 3. The van der Waals surface area contributed by atoms with Crippen molar-refractivity contribution in [2.75, 3.05) is 13.1 Å². The Morgan fingerprint density at radius 1 is 1.08 bits per heavy atom. The third-order valence-corrected chi connectivity index (χ3v) is 3.92. The van der Waals surface area contributed by atoms with Gasteiger partial charge in [-0.25, -0.2) is 0 Å². The second kappa shape index (κ2) is 7.07. The van der Waals surface area contributed by atoms with Crippen molar-refractivity contribution < 1.29 is 27.5 Å². The summed E-state index contributed by atoms with van der Waals surface area (Å²) >= 11 is 0. The smallest absolute Gasteiger partial charge is 0.406 e. The van der Waals surface area contributed by atoms with Gasteiger partial charge in [0.15, 0.2) is 0 Å². The van der Waals surface area contributed by atoms with Crippen LogP contribution in [0.25, 0.3) is 0 Å². The summed E-state index contributed by atoms with van der Waals surface area (Å²) in [6.45, 7) is 0.605. The molecule has 136 valence electrons. The summed E-state index contributed by atoms with van der Waals surface area (Å²) in [6, 6.07) is 12.5. The minimum atomic E-state index is -4.79. The van der Waals surface area contributed by atoms with Crippen molar-refractivity contribution in [2.24, 2.45) is 0 Å². The average molecular weight is 364 g/mol. The zero-order valence-corrected chi connectivity index (χ0v) is 13.5. The fourth-order valence-electron chi connectivity index (χ4n) is 2.82. The van der Waals surface area contributed by atoms with Gasteiger partial charge in [0.2, 0.25) is 5.91 Å². The zero-order valence-electron chi connectivity index (χ0n) is 13.5. The molecule has 0 aliphatic carbocycles. The van der Waals surface area contributed by atoms with Gasteiger partial charge in [-0.2, -0.15) is 0 Å². The van der Waals surface area contributed by atoms with E-state index in [1.165, 1.54) is 17.0 Å². The van der Waals surface area contributed by atoms with Crippen molar-refractivity contribution in [3.8, 4) is 5.75 Å². The van der Waals surface area contributed by atoms with Crippen LogP contribution in [0.1, 0.15) is 22.0 Å². The van der Waals surface area contributed by atoms with Crippen molar-refractivity contribution in [1.29, 1.82) is 0 Å². The Bertz CT molecular complexity index is 792. The molecule has 0 unspecified atom stereocenters. The molecule has 0 saturated carbocycles. The molecule has 1 fully saturated rings. The monoisotopic (exact) mass is 364 g/mol. The second-order valence-electron chi connectivity index (χ2n) is 5.67. The normalized spacial score (nSPS) is 17.6. The van der Waals surface area contributed by atoms with Crippen LogP contribution in [0.5, 0.6) is 5.75 Å². The zero-order chi connectivity index (χ0) is 18.7. The number of alkyl halides is 3. The molecule has 8 heteroatoms. The molecule has 1 N–H and O–H groups in total. The molecule has 0 radical (unpaired) electrons. The lowest BCUT2D eigenvalue weighted by Gasteiger charge is -2.35. The van der Waals surface area contributed by atoms with Crippen LogP contribution >= 0.6 is 0 Å². The van der Waals surface area contributed by atoms with Crippen molar-refractivity contribution in [1.82, 2.24) is 10.2 Å². The third kappa shape index (κ3) is 3.96. The predicted octanol–water partition coefficient (Wildman–Crippen LogP) is 2.90. The molecule has 2 aromatic carbocycles. The summed E-state index contributed by atoms with van der Waals surface area (Å²) in [4.78, 5) is 26.5. The highest BCUT2D eigenvalue weighted by molar-refractivity contribution is 5.98. The number of nitrogens with one attached hydrogen (secondary N) is 1. The predicted molar refractivity (Wildman–Crippen MR) is 86.4 cm³/mol. The number of carbonyl (C=O) groups is 2. The number of hydrogen-bond donors (Lipinski definition) is 1. The van der Waals surface area contributed by atoms with E-state index >= 15 is 0 Å². The van der Waals surface area contributed by atoms with E-state index in [-0.39, 0.29) is 11.8 Å². The standard InChI is InChI=1S/C18H15F3N2O3/c19-18(20,21)26-14-8-6-12(7-9-14)15-16(24)22-10-11-23(15)17(25)13-4-2-1-3-5-13/h1-9,15H,10-11H2,(H,22,24)/t15-/m1/s1. The molecular weight excluding hydrogens is 349 g/mol. The van der Waals surface area contributed by atoms with Crippen LogP contribution in [0.4, 0.5) is 13.2 Å². The van der Waals surface area contributed by atoms with E-state index in [1.807, 2.05) is 0 Å². The number of amides is 2. The Labute approximate surface area is 147 Å². The highest BCUT2D eigenvalue weighted by atomic mass is 19.4. The molecular formula is C18H15F3N2O3. The quantitative estimate of drug-likeness (QED) is 0.911. The summed E-state index contributed by atoms with van der Waals surface area (Å²) in [7, 11) is 0. The average Bonchev–Trinajstić information content (AvgIpc) is 2.61. The minimum Gasteiger partial charge on any atom is -0.406 e. The van der Waals surface area contributed by atoms with Gasteiger partial charge in [0, 0.05) is 18.7 Å². The van der Waals surface area contributed by atoms with E-state index in [1.54, 1.807) is 30.3 Å². The molecule has 1 aliphatic heterocycles. The van der Waals surface area contributed by atoms with Gasteiger partial charge >= 0.3 is 6.36 Å². The van der Waals surface area contributed by atoms with Gasteiger partial charge in [0.1, 0.15) is 11.8 Å². The SMILES string of the molecule is O=C1NCCN(C(=O)c2ccccc2)[C@@H]1c1ccc(OC(F)(F)F)cc1. The van der Waals surface area contributed by atoms with Gasteiger partial charge in [-0.1, -0.05) is 30.3 Å². The number of ether oxygens (including phenoxy) is 1. The van der Waals surface area contributed by atoms with Gasteiger partial charge in [0.25, 0.3) is 5.91 Å². The number of carbonyl (C=O) groups excluding carboxylic acids is 2. The van der Waals surface area contributed by atoms with E-state index in [9.17, 15) is 22.8 Å². The van der Waals surface area contributed by atoms with Crippen LogP contribution < -0.4 is 10.1 Å². The third-order valence-electron chi connectivity index (χ3n) is 3.92. The molecule has 0 aromatic heterocycles. The number of nitrogens with zero attached hydrogens (tertiary/aromatic N) is 1. The topological polar surface area (TPSA) is 58.6 Å². The Kier molecular flexibility index (Phi) is 4.83. The molecule has 1 saturated heterocycles. The van der Waals surface area contributed by atoms with E-state index in [0.717, 1.165) is 12.1 Å². The van der Waals surface area contributed by atoms with Crippen molar-refractivity contribution >= 4 is 11.8 Å². The first-order valence-corrected chi connectivity index (χ1v) is 7.84. The molecule has 1 atom stereocenters. The lowest BCUT2D eigenvalue weighted by Crippen LogP contribution is -2.52. The van der Waals surface area contributed by atoms with E-state index < -0.39 is 18.2 Å². The first-order chi connectivity index (χ1) is 12.3. The first kappa shape index (κ1) is 17.8. The maximum atomic E-state index is 12.8. The van der Waals surface area contributed by atoms with Crippen LogP contribution in [0.15, 0.2) is 54.6 Å². The molecule has 1 heterocycles. The highest BCUT2D eigenvalue weighted by Crippen LogP contribution is 2.28. The lowest BCUT2D eigenvalue weighted by atomic mass is 10.0. The summed E-state index contributed by atoms with van der Waals surface area (Å²) in [5, 5.41) is 2.68. The van der Waals surface area contributed by atoms with Gasteiger partial charge in [-0.05, 0) is 29.8 Å². The lowest BCUT2D eigenvalue weighted by molar-refractivity contribution is -0.274. The van der Waals surface area contributed by atoms with Crippen molar-refractivity contribution in [2.45, 2.75) is 12.4 Å². The van der Waals surface area contributed by atoms with Crippen LogP contribution in [-0.4, -0.2) is 36.2 Å². The summed E-state index contributed by atoms with van der Waals surface area (Å²) in [5.74, 6) is -1.09. The highest BCUT2D eigenvalue weighted by Gasteiger charge is 2.35. The van der Waals surface area contributed by atoms with Gasteiger partial charge in [-0.15, -0.1) is 13.2 Å². The Morgan fingerprint density at radius 2 is 1.73 bits per heavy atom. The fourth-order valence-corrected chi connectivity index (χ4v) is 2.82. The summed E-state index contributed by atoms with van der Waals surface area (Å²) in [5.41, 5.74) is 0.838. The molecule has 5 nitrogen and oxygen atoms in total. The summed E-state index contributed by atoms with van der Waals surface area (Å²) < 4.78 is 40.7. The van der Waals surface area contributed by atoms with Crippen molar-refractivity contribution in [3.63, 3.8) is 0 Å². The van der Waals surface area contributed by atoms with E-state index in [2.05, 4.69) is 10.1 Å². The number of rotatable bonds is 3. The number of piperazine rings is 1. The first-order valence-electron chi connectivity index (χ1n) is 7.84. The van der Waals surface area contributed by atoms with Crippen LogP contribution in [-0.2, 0) is 4.79 Å². The van der Waals surface area contributed by atoms with Gasteiger partial charge in [-0.3, -0.25) is 9.59 Å². The maximum Gasteiger partial charge on any atom is 0.573 e. The maximum absolute atomic E-state index is 12.8. The molecule has 1 aliphatic rings. The molecule has 0 spiro atoms. The van der Waals surface area contributed by atoms with Crippen LogP contribution in [0.2, 0.25) is 0 Å². The molecule has 2 amide bonds. The molecule has 0 bridgehead atoms. The molecule has 2 aromatic rings. The summed E-state index contributed by atoms with van der Waals surface area (Å²) in [6.07, 6.45) is -4.79. The van der Waals surface area contributed by atoms with E-state index in [0.29, 0.717) is 24.2 Å². The number of benzene rings is 2. The Morgan fingerprint density at radius 3 is 2.35 bits per heavy atom. The van der Waals surface area contributed by atoms with Gasteiger partial charge in [0.05, 0.1) is 0 Å². The van der Waals surface area contributed by atoms with Crippen molar-refractivity contribution in [3.05, 3.63) is 65.7 Å². The Balaban J connectivity index is 1.87. The van der Waals surface area contributed by atoms with Gasteiger partial charge < -0.3 is 15.0 Å². The van der Waals surface area contributed by atoms with Crippen LogP contribution in [0, 0.1) is 0 Å². The molecule has 3 rings (SSSR count). The number of hydrogen-bond acceptors (Lipinski definition) is 3. The molecule has 26 heavy (non-hydrogen) atoms. The Hall–Kier alpha value is -3.03.